The zero-order chi connectivity index (χ0) is 12.0. The Morgan fingerprint density at radius 2 is 1.82 bits per heavy atom. The zero-order valence-electron chi connectivity index (χ0n) is 8.96. The summed E-state index contributed by atoms with van der Waals surface area (Å²) in [5.41, 5.74) is 0.439. The van der Waals surface area contributed by atoms with Crippen LogP contribution in [0.1, 0.15) is 29.8 Å². The fourth-order valence-corrected chi connectivity index (χ4v) is 2.19. The minimum atomic E-state index is -2.80. The summed E-state index contributed by atoms with van der Waals surface area (Å²) in [5.74, 6) is -4.44. The maximum atomic E-state index is 13.7. The fraction of sp³-hybridized carbons (Fsp3) is 0.500. The van der Waals surface area contributed by atoms with E-state index in [9.17, 15) is 13.2 Å². The Morgan fingerprint density at radius 1 is 1.18 bits per heavy atom. The second kappa shape index (κ2) is 3.71. The normalized spacial score (nSPS) is 27.4. The first-order valence-corrected chi connectivity index (χ1v) is 5.49. The summed E-state index contributed by atoms with van der Waals surface area (Å²) in [6.45, 7) is 0.809. The smallest absolute Gasteiger partial charge is 0.256 e. The molecule has 92 valence electrons. The van der Waals surface area contributed by atoms with Gasteiger partial charge in [-0.15, -0.1) is 0 Å². The van der Waals surface area contributed by atoms with E-state index < -0.39 is 23.9 Å². The molecule has 0 radical (unpaired) electrons. The van der Waals surface area contributed by atoms with E-state index in [1.807, 2.05) is 0 Å². The van der Waals surface area contributed by atoms with Crippen molar-refractivity contribution in [1.82, 2.24) is 0 Å². The third-order valence-electron chi connectivity index (χ3n) is 3.14. The molecule has 17 heavy (non-hydrogen) atoms. The number of benzene rings is 1. The van der Waals surface area contributed by atoms with E-state index >= 15 is 0 Å². The molecule has 1 saturated heterocycles. The minimum absolute atomic E-state index is 0.0457. The van der Waals surface area contributed by atoms with E-state index in [2.05, 4.69) is 0 Å². The first-order chi connectivity index (χ1) is 8.09. The van der Waals surface area contributed by atoms with E-state index in [1.165, 1.54) is 12.1 Å². The molecule has 1 aromatic carbocycles. The van der Waals surface area contributed by atoms with Gasteiger partial charge in [-0.05, 0) is 6.07 Å². The number of halogens is 3. The molecule has 3 rings (SSSR count). The van der Waals surface area contributed by atoms with Crippen LogP contribution in [0.25, 0.3) is 0 Å². The molecule has 0 amide bonds. The monoisotopic (exact) mass is 244 g/mol. The SMILES string of the molecule is Fc1cccc(C2OCCO2)c1C1CC1(F)F. The standard InChI is InChI=1S/C12H11F3O2/c13-9-3-1-2-7(11-16-4-5-17-11)10(9)8-6-12(8,14)15/h1-3,8,11H,4-6H2. The van der Waals surface area contributed by atoms with E-state index in [0.717, 1.165) is 0 Å². The van der Waals surface area contributed by atoms with Gasteiger partial charge in [-0.2, -0.15) is 0 Å². The lowest BCUT2D eigenvalue weighted by molar-refractivity contribution is -0.0451. The molecule has 0 spiro atoms. The Labute approximate surface area is 96.3 Å². The Bertz CT molecular complexity index is 441. The van der Waals surface area contributed by atoms with E-state index in [1.54, 1.807) is 6.07 Å². The van der Waals surface area contributed by atoms with Crippen molar-refractivity contribution >= 4 is 0 Å². The molecule has 1 aromatic rings. The number of ether oxygens (including phenoxy) is 2. The predicted octanol–water partition coefficient (Wildman–Crippen LogP) is 2.99. The topological polar surface area (TPSA) is 18.5 Å². The molecular formula is C12H11F3O2. The molecule has 5 heteroatoms. The van der Waals surface area contributed by atoms with E-state index in [4.69, 9.17) is 9.47 Å². The molecule has 1 aliphatic carbocycles. The van der Waals surface area contributed by atoms with E-state index in [-0.39, 0.29) is 12.0 Å². The molecule has 1 atom stereocenters. The van der Waals surface area contributed by atoms with Crippen molar-refractivity contribution in [3.63, 3.8) is 0 Å². The largest absolute Gasteiger partial charge is 0.346 e. The van der Waals surface area contributed by atoms with E-state index in [0.29, 0.717) is 18.8 Å². The zero-order valence-corrected chi connectivity index (χ0v) is 8.96. The molecular weight excluding hydrogens is 233 g/mol. The summed E-state index contributed by atoms with van der Waals surface area (Å²) in [6, 6.07) is 4.27. The van der Waals surface area contributed by atoms with Crippen LogP contribution in [-0.2, 0) is 9.47 Å². The highest BCUT2D eigenvalue weighted by atomic mass is 19.3. The van der Waals surface area contributed by atoms with Gasteiger partial charge >= 0.3 is 0 Å². The van der Waals surface area contributed by atoms with Crippen LogP contribution in [0.3, 0.4) is 0 Å². The second-order valence-corrected chi connectivity index (χ2v) is 4.33. The maximum Gasteiger partial charge on any atom is 0.256 e. The van der Waals surface area contributed by atoms with Gasteiger partial charge in [0.15, 0.2) is 6.29 Å². The van der Waals surface area contributed by atoms with Crippen molar-refractivity contribution in [2.24, 2.45) is 0 Å². The first kappa shape index (κ1) is 11.0. The Hall–Kier alpha value is -1.07. The van der Waals surface area contributed by atoms with Crippen molar-refractivity contribution in [2.45, 2.75) is 24.6 Å². The Kier molecular flexibility index (Phi) is 2.41. The van der Waals surface area contributed by atoms with Crippen LogP contribution in [0.5, 0.6) is 0 Å². The van der Waals surface area contributed by atoms with Crippen LogP contribution in [0.4, 0.5) is 13.2 Å². The Morgan fingerprint density at radius 3 is 2.41 bits per heavy atom. The van der Waals surface area contributed by atoms with Crippen molar-refractivity contribution < 1.29 is 22.6 Å². The number of hydrogen-bond acceptors (Lipinski definition) is 2. The summed E-state index contributed by atoms with van der Waals surface area (Å²) in [5, 5.41) is 0. The number of alkyl halides is 2. The third-order valence-corrected chi connectivity index (χ3v) is 3.14. The molecule has 2 fully saturated rings. The first-order valence-electron chi connectivity index (χ1n) is 5.49. The summed E-state index contributed by atoms with van der Waals surface area (Å²) < 4.78 is 50.3. The molecule has 0 aromatic heterocycles. The quantitative estimate of drug-likeness (QED) is 0.796. The van der Waals surface area contributed by atoms with Gasteiger partial charge in [0.2, 0.25) is 0 Å². The van der Waals surface area contributed by atoms with Crippen LogP contribution in [-0.4, -0.2) is 19.1 Å². The maximum absolute atomic E-state index is 13.7. The summed E-state index contributed by atoms with van der Waals surface area (Å²) in [4.78, 5) is 0. The molecule has 2 aliphatic rings. The average Bonchev–Trinajstić information content (AvgIpc) is 2.74. The van der Waals surface area contributed by atoms with Gasteiger partial charge in [0.1, 0.15) is 5.82 Å². The summed E-state index contributed by atoms with van der Waals surface area (Å²) >= 11 is 0. The highest BCUT2D eigenvalue weighted by Gasteiger charge is 2.59. The Balaban J connectivity index is 2.00. The third kappa shape index (κ3) is 1.83. The molecule has 1 unspecified atom stereocenters. The van der Waals surface area contributed by atoms with Crippen LogP contribution in [0, 0.1) is 5.82 Å². The van der Waals surface area contributed by atoms with Gasteiger partial charge in [0.05, 0.1) is 19.1 Å². The van der Waals surface area contributed by atoms with Gasteiger partial charge in [-0.25, -0.2) is 13.2 Å². The average molecular weight is 244 g/mol. The van der Waals surface area contributed by atoms with Crippen molar-refractivity contribution in [3.8, 4) is 0 Å². The molecule has 1 saturated carbocycles. The summed E-state index contributed by atoms with van der Waals surface area (Å²) in [7, 11) is 0. The predicted molar refractivity (Wildman–Crippen MR) is 53.4 cm³/mol. The van der Waals surface area contributed by atoms with Crippen molar-refractivity contribution in [2.75, 3.05) is 13.2 Å². The van der Waals surface area contributed by atoms with Gasteiger partial charge in [0.25, 0.3) is 5.92 Å². The lowest BCUT2D eigenvalue weighted by Crippen LogP contribution is -2.07. The van der Waals surface area contributed by atoms with Gasteiger partial charge in [0, 0.05) is 17.5 Å². The highest BCUT2D eigenvalue weighted by molar-refractivity contribution is 5.39. The van der Waals surface area contributed by atoms with Crippen LogP contribution in [0.2, 0.25) is 0 Å². The fourth-order valence-electron chi connectivity index (χ4n) is 2.19. The van der Waals surface area contributed by atoms with Gasteiger partial charge in [-0.3, -0.25) is 0 Å². The number of rotatable bonds is 2. The molecule has 2 nitrogen and oxygen atoms in total. The lowest BCUT2D eigenvalue weighted by Gasteiger charge is -2.15. The van der Waals surface area contributed by atoms with Crippen molar-refractivity contribution in [3.05, 3.63) is 35.1 Å². The summed E-state index contributed by atoms with van der Waals surface area (Å²) in [6.07, 6.45) is -1.01. The van der Waals surface area contributed by atoms with Crippen LogP contribution in [0.15, 0.2) is 18.2 Å². The molecule has 0 N–H and O–H groups in total. The van der Waals surface area contributed by atoms with Crippen LogP contribution >= 0.6 is 0 Å². The molecule has 1 aliphatic heterocycles. The second-order valence-electron chi connectivity index (χ2n) is 4.33. The van der Waals surface area contributed by atoms with Crippen LogP contribution < -0.4 is 0 Å². The van der Waals surface area contributed by atoms with Gasteiger partial charge < -0.3 is 9.47 Å². The lowest BCUT2D eigenvalue weighted by atomic mass is 10.0. The van der Waals surface area contributed by atoms with Gasteiger partial charge in [-0.1, -0.05) is 12.1 Å². The van der Waals surface area contributed by atoms with Crippen molar-refractivity contribution in [1.29, 1.82) is 0 Å². The highest BCUT2D eigenvalue weighted by Crippen LogP contribution is 2.57. The number of hydrogen-bond donors (Lipinski definition) is 0. The minimum Gasteiger partial charge on any atom is -0.346 e. The molecule has 1 heterocycles. The molecule has 0 bridgehead atoms.